The summed E-state index contributed by atoms with van der Waals surface area (Å²) in [6.45, 7) is -0.581. The molecule has 7 heteroatoms. The molecule has 1 aliphatic heterocycles. The van der Waals surface area contributed by atoms with Gasteiger partial charge in [-0.25, -0.2) is 4.98 Å². The van der Waals surface area contributed by atoms with Gasteiger partial charge in [0.25, 0.3) is 0 Å². The first-order valence-corrected chi connectivity index (χ1v) is 3.93. The minimum Gasteiger partial charge on any atom is -0.375 e. The Kier molecular flexibility index (Phi) is 2.84. The normalized spacial score (nSPS) is 24.0. The van der Waals surface area contributed by atoms with Crippen molar-refractivity contribution in [2.45, 2.75) is 11.8 Å². The lowest BCUT2D eigenvalue weighted by Gasteiger charge is -2.25. The molecule has 0 aliphatic carbocycles. The Labute approximate surface area is 89.7 Å². The van der Waals surface area contributed by atoms with E-state index in [0.717, 1.165) is 0 Å². The van der Waals surface area contributed by atoms with Crippen LogP contribution in [0.2, 0.25) is 0 Å². The summed E-state index contributed by atoms with van der Waals surface area (Å²) >= 11 is 0. The smallest absolute Gasteiger partial charge is 0.375 e. The van der Waals surface area contributed by atoms with E-state index in [1.165, 1.54) is 18.3 Å². The Bertz CT molecular complexity index is 371. The summed E-state index contributed by atoms with van der Waals surface area (Å²) in [5, 5.41) is 11.9. The molecule has 1 aliphatic rings. The number of nitrogens with zero attached hydrogens (tertiary/aromatic N) is 1. The highest BCUT2D eigenvalue weighted by Gasteiger charge is 2.58. The van der Waals surface area contributed by atoms with Crippen molar-refractivity contribution >= 4 is 18.2 Å². The summed E-state index contributed by atoms with van der Waals surface area (Å²) in [6, 6.07) is 2.58. The molecule has 1 unspecified atom stereocenters. The molecular formula is C8H8ClF3N2O. The number of alkyl halides is 3. The van der Waals surface area contributed by atoms with Gasteiger partial charge >= 0.3 is 6.18 Å². The molecule has 0 radical (unpaired) electrons. The van der Waals surface area contributed by atoms with Crippen LogP contribution in [-0.4, -0.2) is 22.8 Å². The predicted molar refractivity (Wildman–Crippen MR) is 49.9 cm³/mol. The summed E-state index contributed by atoms with van der Waals surface area (Å²) in [5.41, 5.74) is -3.02. The van der Waals surface area contributed by atoms with E-state index in [9.17, 15) is 18.3 Å². The lowest BCUT2D eigenvalue weighted by molar-refractivity contribution is -0.258. The number of hydrogen-bond donors (Lipinski definition) is 2. The summed E-state index contributed by atoms with van der Waals surface area (Å²) in [7, 11) is 0. The molecule has 1 atom stereocenters. The molecular weight excluding hydrogens is 233 g/mol. The highest BCUT2D eigenvalue weighted by Crippen LogP contribution is 2.44. The Balaban J connectivity index is 0.00000112. The fourth-order valence-electron chi connectivity index (χ4n) is 1.44. The second-order valence-electron chi connectivity index (χ2n) is 3.11. The lowest BCUT2D eigenvalue weighted by Crippen LogP contribution is -2.43. The van der Waals surface area contributed by atoms with Gasteiger partial charge in [0.2, 0.25) is 5.60 Å². The zero-order valence-corrected chi connectivity index (χ0v) is 8.19. The first-order chi connectivity index (χ1) is 6.45. The molecule has 2 N–H and O–H groups in total. The maximum Gasteiger partial charge on any atom is 0.423 e. The number of pyridine rings is 1. The van der Waals surface area contributed by atoms with Gasteiger partial charge in [-0.1, -0.05) is 6.07 Å². The highest BCUT2D eigenvalue weighted by atomic mass is 35.5. The fraction of sp³-hybridized carbons (Fsp3) is 0.375. The lowest BCUT2D eigenvalue weighted by atomic mass is 9.97. The van der Waals surface area contributed by atoms with E-state index >= 15 is 0 Å². The average Bonchev–Trinajstić information content (AvgIpc) is 2.45. The van der Waals surface area contributed by atoms with E-state index in [2.05, 4.69) is 10.3 Å². The molecule has 2 heterocycles. The zero-order chi connectivity index (χ0) is 10.4. The molecule has 0 bridgehead atoms. The van der Waals surface area contributed by atoms with Gasteiger partial charge in [0, 0.05) is 11.8 Å². The minimum atomic E-state index is -4.69. The minimum absolute atomic E-state index is 0. The van der Waals surface area contributed by atoms with Crippen molar-refractivity contribution in [1.29, 1.82) is 0 Å². The third kappa shape index (κ3) is 1.63. The quantitative estimate of drug-likeness (QED) is 0.725. The van der Waals surface area contributed by atoms with E-state index in [4.69, 9.17) is 0 Å². The van der Waals surface area contributed by atoms with Crippen molar-refractivity contribution in [3.63, 3.8) is 0 Å². The van der Waals surface area contributed by atoms with E-state index in [-0.39, 0.29) is 23.8 Å². The Hall–Kier alpha value is -1.01. The van der Waals surface area contributed by atoms with Gasteiger partial charge < -0.3 is 10.4 Å². The second kappa shape index (κ2) is 3.53. The molecule has 1 aromatic heterocycles. The number of β-amino-alcohol motifs (C(OH)–C–C–N with tert-alkyl or cyclic N) is 1. The standard InChI is InChI=1S/C8H7F3N2O.ClH/c9-8(10,11)7(14)4-13-6-5(7)2-1-3-12-6;/h1-3,14H,4H2,(H,12,13);1H. The van der Waals surface area contributed by atoms with Gasteiger partial charge in [-0.2, -0.15) is 13.2 Å². The fourth-order valence-corrected chi connectivity index (χ4v) is 1.44. The second-order valence-corrected chi connectivity index (χ2v) is 3.11. The number of nitrogens with one attached hydrogen (secondary N) is 1. The first kappa shape index (κ1) is 12.1. The molecule has 15 heavy (non-hydrogen) atoms. The Morgan fingerprint density at radius 3 is 2.73 bits per heavy atom. The number of hydrogen-bond acceptors (Lipinski definition) is 3. The van der Waals surface area contributed by atoms with Crippen LogP contribution in [0.5, 0.6) is 0 Å². The van der Waals surface area contributed by atoms with Gasteiger partial charge in [-0.15, -0.1) is 12.4 Å². The average molecular weight is 241 g/mol. The first-order valence-electron chi connectivity index (χ1n) is 3.93. The topological polar surface area (TPSA) is 45.1 Å². The van der Waals surface area contributed by atoms with Gasteiger partial charge in [-0.05, 0) is 6.07 Å². The monoisotopic (exact) mass is 240 g/mol. The highest BCUT2D eigenvalue weighted by molar-refractivity contribution is 5.85. The van der Waals surface area contributed by atoms with Crippen molar-refractivity contribution in [1.82, 2.24) is 4.98 Å². The molecule has 0 aromatic carbocycles. The van der Waals surface area contributed by atoms with Crippen molar-refractivity contribution in [3.05, 3.63) is 23.9 Å². The van der Waals surface area contributed by atoms with Crippen LogP contribution < -0.4 is 5.32 Å². The summed E-state index contributed by atoms with van der Waals surface area (Å²) in [5.74, 6) is 0.0901. The van der Waals surface area contributed by atoms with Crippen LogP contribution in [0.1, 0.15) is 5.56 Å². The number of halogens is 4. The van der Waals surface area contributed by atoms with E-state index in [1.54, 1.807) is 0 Å². The SMILES string of the molecule is Cl.OC1(C(F)(F)F)CNc2ncccc21. The van der Waals surface area contributed by atoms with E-state index in [1.807, 2.05) is 0 Å². The molecule has 0 spiro atoms. The van der Waals surface area contributed by atoms with E-state index < -0.39 is 18.3 Å². The molecule has 3 nitrogen and oxygen atoms in total. The summed E-state index contributed by atoms with van der Waals surface area (Å²) in [6.07, 6.45) is -3.32. The number of aliphatic hydroxyl groups is 1. The molecule has 1 aromatic rings. The van der Waals surface area contributed by atoms with Crippen LogP contribution in [-0.2, 0) is 5.60 Å². The van der Waals surface area contributed by atoms with Crippen LogP contribution in [0.4, 0.5) is 19.0 Å². The number of anilines is 1. The van der Waals surface area contributed by atoms with Gasteiger partial charge in [0.1, 0.15) is 5.82 Å². The van der Waals surface area contributed by atoms with Crippen LogP contribution in [0.15, 0.2) is 18.3 Å². The predicted octanol–water partition coefficient (Wildman–Crippen LogP) is 1.68. The summed E-state index contributed by atoms with van der Waals surface area (Å²) in [4.78, 5) is 3.70. The molecule has 0 saturated carbocycles. The van der Waals surface area contributed by atoms with Gasteiger partial charge in [-0.3, -0.25) is 0 Å². The third-order valence-electron chi connectivity index (χ3n) is 2.23. The molecule has 0 amide bonds. The number of rotatable bonds is 0. The Morgan fingerprint density at radius 1 is 1.47 bits per heavy atom. The van der Waals surface area contributed by atoms with Crippen LogP contribution >= 0.6 is 12.4 Å². The van der Waals surface area contributed by atoms with Crippen molar-refractivity contribution in [2.24, 2.45) is 0 Å². The zero-order valence-electron chi connectivity index (χ0n) is 7.38. The maximum absolute atomic E-state index is 12.5. The van der Waals surface area contributed by atoms with E-state index in [0.29, 0.717) is 0 Å². The molecule has 0 saturated heterocycles. The number of aromatic nitrogens is 1. The van der Waals surface area contributed by atoms with Crippen LogP contribution in [0.3, 0.4) is 0 Å². The molecule has 2 rings (SSSR count). The van der Waals surface area contributed by atoms with Crippen molar-refractivity contribution in [2.75, 3.05) is 11.9 Å². The van der Waals surface area contributed by atoms with Crippen molar-refractivity contribution in [3.8, 4) is 0 Å². The van der Waals surface area contributed by atoms with Crippen molar-refractivity contribution < 1.29 is 18.3 Å². The largest absolute Gasteiger partial charge is 0.423 e. The van der Waals surface area contributed by atoms with Crippen LogP contribution in [0, 0.1) is 0 Å². The Morgan fingerprint density at radius 2 is 2.13 bits per heavy atom. The van der Waals surface area contributed by atoms with Gasteiger partial charge in [0.15, 0.2) is 0 Å². The van der Waals surface area contributed by atoms with Crippen LogP contribution in [0.25, 0.3) is 0 Å². The molecule has 84 valence electrons. The molecule has 0 fully saturated rings. The number of fused-ring (bicyclic) bond motifs is 1. The van der Waals surface area contributed by atoms with Gasteiger partial charge in [0.05, 0.1) is 6.54 Å². The third-order valence-corrected chi connectivity index (χ3v) is 2.23. The maximum atomic E-state index is 12.5. The summed E-state index contributed by atoms with van der Waals surface area (Å²) < 4.78 is 37.5.